The van der Waals surface area contributed by atoms with Crippen molar-refractivity contribution in [2.75, 3.05) is 26.2 Å². The number of pyridine rings is 1. The lowest BCUT2D eigenvalue weighted by molar-refractivity contribution is -0.0553. The molecule has 3 atom stereocenters. The fourth-order valence-electron chi connectivity index (χ4n) is 5.54. The van der Waals surface area contributed by atoms with Crippen LogP contribution in [0.5, 0.6) is 0 Å². The molecule has 0 radical (unpaired) electrons. The third-order valence-corrected chi connectivity index (χ3v) is 9.36. The highest BCUT2D eigenvalue weighted by Gasteiger charge is 2.50. The van der Waals surface area contributed by atoms with E-state index in [0.717, 1.165) is 41.6 Å². The molecule has 7 heteroatoms. The third-order valence-electron chi connectivity index (χ3n) is 7.33. The molecule has 2 saturated heterocycles. The quantitative estimate of drug-likeness (QED) is 0.607. The zero-order valence-corrected chi connectivity index (χ0v) is 20.2. The molecule has 5 rings (SSSR count). The first-order chi connectivity index (χ1) is 16.5. The Bertz CT molecular complexity index is 1230. The topological polar surface area (TPSA) is 73.7 Å². The second kappa shape index (κ2) is 9.58. The zero-order valence-electron chi connectivity index (χ0n) is 19.4. The maximum atomic E-state index is 13.6. The van der Waals surface area contributed by atoms with Gasteiger partial charge in [-0.15, -0.1) is 0 Å². The van der Waals surface area contributed by atoms with Crippen LogP contribution in [0.4, 0.5) is 0 Å². The Balaban J connectivity index is 1.44. The van der Waals surface area contributed by atoms with Crippen LogP contribution in [0.3, 0.4) is 0 Å². The average molecular weight is 478 g/mol. The zero-order chi connectivity index (χ0) is 23.7. The average Bonchev–Trinajstić information content (AvgIpc) is 2.84. The summed E-state index contributed by atoms with van der Waals surface area (Å²) in [6.07, 6.45) is 5.34. The minimum atomic E-state index is -3.59. The minimum absolute atomic E-state index is 0.00959. The van der Waals surface area contributed by atoms with Crippen molar-refractivity contribution in [2.45, 2.75) is 42.7 Å². The standard InChI is InChI=1S/C27H31N3O3S/c1-20-7-2-3-9-26(20)34(32,33)29-15-4-5-16-30-24(18-29)27(25(30)19-31)22-12-10-21(11-13-22)23-8-6-14-28-17-23/h2-3,6-14,17,24-25,27,31H,4-5,15-16,18-19H2,1H3/t24-,25+,27+/m0/s1. The smallest absolute Gasteiger partial charge is 0.243 e. The first-order valence-electron chi connectivity index (χ1n) is 11.9. The van der Waals surface area contributed by atoms with Crippen LogP contribution >= 0.6 is 0 Å². The van der Waals surface area contributed by atoms with Gasteiger partial charge in [0.1, 0.15) is 0 Å². The van der Waals surface area contributed by atoms with Gasteiger partial charge >= 0.3 is 0 Å². The van der Waals surface area contributed by atoms with E-state index in [0.29, 0.717) is 18.0 Å². The lowest BCUT2D eigenvalue weighted by atomic mass is 9.74. The van der Waals surface area contributed by atoms with Crippen molar-refractivity contribution in [3.05, 3.63) is 84.2 Å². The summed E-state index contributed by atoms with van der Waals surface area (Å²) in [7, 11) is -3.59. The number of aliphatic hydroxyl groups is 1. The highest BCUT2D eigenvalue weighted by atomic mass is 32.2. The van der Waals surface area contributed by atoms with Gasteiger partial charge in [-0.05, 0) is 60.7 Å². The van der Waals surface area contributed by atoms with Gasteiger partial charge in [0.05, 0.1) is 11.5 Å². The van der Waals surface area contributed by atoms with Crippen molar-refractivity contribution in [1.29, 1.82) is 0 Å². The molecule has 0 spiro atoms. The monoisotopic (exact) mass is 477 g/mol. The number of hydrogen-bond donors (Lipinski definition) is 1. The number of aliphatic hydroxyl groups excluding tert-OH is 1. The maximum absolute atomic E-state index is 13.6. The van der Waals surface area contributed by atoms with Crippen molar-refractivity contribution in [3.63, 3.8) is 0 Å². The summed E-state index contributed by atoms with van der Waals surface area (Å²) in [5.41, 5.74) is 4.06. The summed E-state index contributed by atoms with van der Waals surface area (Å²) < 4.78 is 28.9. The van der Waals surface area contributed by atoms with E-state index in [-0.39, 0.29) is 24.6 Å². The summed E-state index contributed by atoms with van der Waals surface area (Å²) in [6.45, 7) is 3.76. The molecule has 0 unspecified atom stereocenters. The molecule has 2 aliphatic rings. The Morgan fingerprint density at radius 3 is 2.44 bits per heavy atom. The molecular weight excluding hydrogens is 446 g/mol. The number of aryl methyl sites for hydroxylation is 1. The van der Waals surface area contributed by atoms with Crippen molar-refractivity contribution < 1.29 is 13.5 Å². The molecule has 0 bridgehead atoms. The van der Waals surface area contributed by atoms with E-state index in [4.69, 9.17) is 0 Å². The predicted molar refractivity (Wildman–Crippen MR) is 133 cm³/mol. The van der Waals surface area contributed by atoms with Crippen LogP contribution in [-0.2, 0) is 10.0 Å². The first kappa shape index (κ1) is 23.2. The normalized spacial score (nSPS) is 24.0. The molecule has 1 N–H and O–H groups in total. The second-order valence-electron chi connectivity index (χ2n) is 9.28. The van der Waals surface area contributed by atoms with Gasteiger partial charge in [0.15, 0.2) is 0 Å². The van der Waals surface area contributed by atoms with E-state index in [2.05, 4.69) is 34.1 Å². The van der Waals surface area contributed by atoms with Crippen LogP contribution in [0.2, 0.25) is 0 Å². The molecule has 0 aliphatic carbocycles. The molecule has 3 heterocycles. The fourth-order valence-corrected chi connectivity index (χ4v) is 7.27. The predicted octanol–water partition coefficient (Wildman–Crippen LogP) is 3.67. The molecule has 3 aromatic rings. The molecule has 0 saturated carbocycles. The summed E-state index contributed by atoms with van der Waals surface area (Å²) in [5, 5.41) is 10.2. The molecule has 2 aromatic carbocycles. The molecule has 1 aromatic heterocycles. The Labute approximate surface area is 201 Å². The first-order valence-corrected chi connectivity index (χ1v) is 13.4. The van der Waals surface area contributed by atoms with E-state index >= 15 is 0 Å². The number of hydrogen-bond acceptors (Lipinski definition) is 5. The number of sulfonamides is 1. The number of benzene rings is 2. The molecule has 2 aliphatic heterocycles. The second-order valence-corrected chi connectivity index (χ2v) is 11.2. The SMILES string of the molecule is Cc1ccccc1S(=O)(=O)N1CCCCN2[C@H](CO)[C@H](c3ccc(-c4cccnc4)cc3)[C@@H]2C1. The molecule has 178 valence electrons. The Kier molecular flexibility index (Phi) is 6.53. The van der Waals surface area contributed by atoms with Gasteiger partial charge < -0.3 is 5.11 Å². The highest BCUT2D eigenvalue weighted by Crippen LogP contribution is 2.43. The van der Waals surface area contributed by atoms with Crippen LogP contribution in [0.15, 0.2) is 78.0 Å². The fraction of sp³-hybridized carbons (Fsp3) is 0.370. The third kappa shape index (κ3) is 4.18. The maximum Gasteiger partial charge on any atom is 0.243 e. The molecule has 34 heavy (non-hydrogen) atoms. The Morgan fingerprint density at radius 1 is 0.971 bits per heavy atom. The van der Waals surface area contributed by atoms with Gasteiger partial charge in [-0.2, -0.15) is 4.31 Å². The van der Waals surface area contributed by atoms with Crippen LogP contribution in [-0.4, -0.2) is 66.0 Å². The number of aromatic nitrogens is 1. The van der Waals surface area contributed by atoms with Gasteiger partial charge in [0.25, 0.3) is 0 Å². The van der Waals surface area contributed by atoms with Gasteiger partial charge in [0.2, 0.25) is 10.0 Å². The van der Waals surface area contributed by atoms with Gasteiger partial charge in [0, 0.05) is 43.5 Å². The van der Waals surface area contributed by atoms with Crippen molar-refractivity contribution in [1.82, 2.24) is 14.2 Å². The summed E-state index contributed by atoms with van der Waals surface area (Å²) in [6, 6.07) is 19.6. The van der Waals surface area contributed by atoms with E-state index in [1.165, 1.54) is 0 Å². The number of rotatable bonds is 5. The van der Waals surface area contributed by atoms with Crippen LogP contribution < -0.4 is 0 Å². The van der Waals surface area contributed by atoms with Gasteiger partial charge in [-0.1, -0.05) is 48.5 Å². The van der Waals surface area contributed by atoms with E-state index in [1.54, 1.807) is 22.6 Å². The van der Waals surface area contributed by atoms with Crippen LogP contribution in [0, 0.1) is 6.92 Å². The van der Waals surface area contributed by atoms with E-state index < -0.39 is 10.0 Å². The molecule has 6 nitrogen and oxygen atoms in total. The van der Waals surface area contributed by atoms with Crippen LogP contribution in [0.1, 0.15) is 29.9 Å². The van der Waals surface area contributed by atoms with Crippen molar-refractivity contribution in [2.24, 2.45) is 0 Å². The van der Waals surface area contributed by atoms with Crippen molar-refractivity contribution in [3.8, 4) is 11.1 Å². The van der Waals surface area contributed by atoms with Gasteiger partial charge in [-0.25, -0.2) is 8.42 Å². The summed E-state index contributed by atoms with van der Waals surface area (Å²) in [5.74, 6) is 0.0839. The lowest BCUT2D eigenvalue weighted by Gasteiger charge is -2.57. The van der Waals surface area contributed by atoms with E-state index in [1.807, 2.05) is 37.4 Å². The highest BCUT2D eigenvalue weighted by molar-refractivity contribution is 7.89. The van der Waals surface area contributed by atoms with Gasteiger partial charge in [-0.3, -0.25) is 9.88 Å². The molecule has 2 fully saturated rings. The summed E-state index contributed by atoms with van der Waals surface area (Å²) >= 11 is 0. The number of fused-ring (bicyclic) bond motifs is 1. The van der Waals surface area contributed by atoms with E-state index in [9.17, 15) is 13.5 Å². The van der Waals surface area contributed by atoms with Crippen molar-refractivity contribution >= 4 is 10.0 Å². The summed E-state index contributed by atoms with van der Waals surface area (Å²) in [4.78, 5) is 6.90. The Morgan fingerprint density at radius 2 is 1.74 bits per heavy atom. The van der Waals surface area contributed by atoms with Crippen LogP contribution in [0.25, 0.3) is 11.1 Å². The largest absolute Gasteiger partial charge is 0.395 e. The lowest BCUT2D eigenvalue weighted by Crippen LogP contribution is -2.67. The number of nitrogens with zero attached hydrogens (tertiary/aromatic N) is 3. The Hall–Kier alpha value is -2.58. The molecular formula is C27H31N3O3S. The minimum Gasteiger partial charge on any atom is -0.395 e. The molecule has 0 amide bonds.